The molecule has 0 unspecified atom stereocenters. The predicted octanol–water partition coefficient (Wildman–Crippen LogP) is 3.58. The molecule has 0 spiro atoms. The zero-order valence-corrected chi connectivity index (χ0v) is 12.1. The van der Waals surface area contributed by atoms with Crippen molar-refractivity contribution in [2.75, 3.05) is 6.61 Å². The van der Waals surface area contributed by atoms with E-state index in [2.05, 4.69) is 6.58 Å². The van der Waals surface area contributed by atoms with Crippen molar-refractivity contribution >= 4 is 19.7 Å². The van der Waals surface area contributed by atoms with E-state index in [9.17, 15) is 8.42 Å². The monoisotopic (exact) mass is 288 g/mol. The predicted molar refractivity (Wildman–Crippen MR) is 73.9 cm³/mol. The van der Waals surface area contributed by atoms with Crippen LogP contribution < -0.4 is 4.74 Å². The van der Waals surface area contributed by atoms with Crippen LogP contribution in [0.15, 0.2) is 29.7 Å². The third-order valence-electron chi connectivity index (χ3n) is 2.50. The Morgan fingerprint density at radius 1 is 1.33 bits per heavy atom. The highest BCUT2D eigenvalue weighted by molar-refractivity contribution is 8.13. The number of ether oxygens (including phenoxy) is 1. The van der Waals surface area contributed by atoms with Crippen LogP contribution in [-0.2, 0) is 9.05 Å². The maximum Gasteiger partial charge on any atom is 0.261 e. The van der Waals surface area contributed by atoms with Gasteiger partial charge in [-0.15, -0.1) is 6.58 Å². The van der Waals surface area contributed by atoms with Gasteiger partial charge in [-0.3, -0.25) is 0 Å². The Hall–Kier alpha value is -1.00. The van der Waals surface area contributed by atoms with Crippen LogP contribution in [0.4, 0.5) is 0 Å². The summed E-state index contributed by atoms with van der Waals surface area (Å²) in [6, 6.07) is 3.38. The largest absolute Gasteiger partial charge is 0.494 e. The number of hydrogen-bond acceptors (Lipinski definition) is 3. The number of benzene rings is 1. The van der Waals surface area contributed by atoms with Crippen molar-refractivity contribution in [1.82, 2.24) is 0 Å². The second kappa shape index (κ2) is 6.25. The van der Waals surface area contributed by atoms with E-state index < -0.39 is 9.05 Å². The molecule has 0 amide bonds. The molecule has 0 heterocycles. The molecule has 0 radical (unpaired) electrons. The molecule has 0 fully saturated rings. The van der Waals surface area contributed by atoms with E-state index in [1.165, 1.54) is 0 Å². The van der Waals surface area contributed by atoms with Crippen LogP contribution in [0.25, 0.3) is 0 Å². The van der Waals surface area contributed by atoms with Gasteiger partial charge in [0.1, 0.15) is 5.75 Å². The van der Waals surface area contributed by atoms with Gasteiger partial charge >= 0.3 is 0 Å². The zero-order valence-electron chi connectivity index (χ0n) is 10.6. The van der Waals surface area contributed by atoms with E-state index in [-0.39, 0.29) is 4.90 Å². The summed E-state index contributed by atoms with van der Waals surface area (Å²) in [7, 11) is 1.68. The maximum atomic E-state index is 11.4. The maximum absolute atomic E-state index is 11.4. The van der Waals surface area contributed by atoms with E-state index in [4.69, 9.17) is 15.4 Å². The van der Waals surface area contributed by atoms with Crippen LogP contribution in [0.1, 0.15) is 24.0 Å². The summed E-state index contributed by atoms with van der Waals surface area (Å²) in [5, 5.41) is 0. The third kappa shape index (κ3) is 4.03. The summed E-state index contributed by atoms with van der Waals surface area (Å²) in [4.78, 5) is 0.169. The van der Waals surface area contributed by atoms with Gasteiger partial charge in [-0.2, -0.15) is 0 Å². The average Bonchev–Trinajstić information content (AvgIpc) is 2.21. The van der Waals surface area contributed by atoms with Gasteiger partial charge in [0.25, 0.3) is 9.05 Å². The molecule has 0 atom stereocenters. The van der Waals surface area contributed by atoms with E-state index in [0.29, 0.717) is 23.5 Å². The van der Waals surface area contributed by atoms with Crippen molar-refractivity contribution < 1.29 is 13.2 Å². The van der Waals surface area contributed by atoms with Crippen molar-refractivity contribution in [2.45, 2.75) is 31.6 Å². The second-order valence-electron chi connectivity index (χ2n) is 4.10. The van der Waals surface area contributed by atoms with E-state index >= 15 is 0 Å². The van der Waals surface area contributed by atoms with Crippen molar-refractivity contribution in [3.63, 3.8) is 0 Å². The lowest BCUT2D eigenvalue weighted by atomic mass is 10.1. The lowest BCUT2D eigenvalue weighted by Crippen LogP contribution is -2.02. The number of rotatable bonds is 6. The first-order valence-electron chi connectivity index (χ1n) is 5.66. The first-order chi connectivity index (χ1) is 8.36. The summed E-state index contributed by atoms with van der Waals surface area (Å²) in [6.07, 6.45) is 3.62. The average molecular weight is 289 g/mol. The van der Waals surface area contributed by atoms with Crippen molar-refractivity contribution in [2.24, 2.45) is 0 Å². The quantitative estimate of drug-likeness (QED) is 0.456. The Morgan fingerprint density at radius 2 is 1.89 bits per heavy atom. The van der Waals surface area contributed by atoms with Crippen molar-refractivity contribution in [3.8, 4) is 5.75 Å². The molecule has 0 aliphatic heterocycles. The van der Waals surface area contributed by atoms with Gasteiger partial charge in [0, 0.05) is 10.7 Å². The minimum atomic E-state index is -3.71. The Morgan fingerprint density at radius 3 is 2.33 bits per heavy atom. The van der Waals surface area contributed by atoms with Gasteiger partial charge in [-0.05, 0) is 49.9 Å². The number of hydrogen-bond donors (Lipinski definition) is 0. The summed E-state index contributed by atoms with van der Waals surface area (Å²) in [6.45, 7) is 7.63. The minimum Gasteiger partial charge on any atom is -0.494 e. The van der Waals surface area contributed by atoms with Gasteiger partial charge in [0.05, 0.1) is 11.5 Å². The minimum absolute atomic E-state index is 0.169. The number of allylic oxidation sites excluding steroid dienone is 1. The SMILES string of the molecule is C=CCCCOc1cc(C)c(S(=O)(=O)Cl)c(C)c1. The molecular weight excluding hydrogens is 272 g/mol. The molecule has 0 saturated heterocycles. The van der Waals surface area contributed by atoms with Gasteiger partial charge in [0.15, 0.2) is 0 Å². The van der Waals surface area contributed by atoms with E-state index in [0.717, 1.165) is 12.8 Å². The van der Waals surface area contributed by atoms with Crippen LogP contribution in [0.2, 0.25) is 0 Å². The number of unbranched alkanes of at least 4 members (excludes halogenated alkanes) is 1. The topological polar surface area (TPSA) is 43.4 Å². The third-order valence-corrected chi connectivity index (χ3v) is 4.09. The fraction of sp³-hybridized carbons (Fsp3) is 0.385. The Kier molecular flexibility index (Phi) is 5.23. The van der Waals surface area contributed by atoms with Crippen molar-refractivity contribution in [1.29, 1.82) is 0 Å². The van der Waals surface area contributed by atoms with Crippen LogP contribution in [-0.4, -0.2) is 15.0 Å². The Balaban J connectivity index is 2.90. The second-order valence-corrected chi connectivity index (χ2v) is 6.61. The highest BCUT2D eigenvalue weighted by atomic mass is 35.7. The Bertz CT molecular complexity index is 512. The summed E-state index contributed by atoms with van der Waals surface area (Å²) in [5.41, 5.74) is 1.20. The van der Waals surface area contributed by atoms with E-state index in [1.807, 2.05) is 6.08 Å². The van der Waals surface area contributed by atoms with Gasteiger partial charge in [0.2, 0.25) is 0 Å². The standard InChI is InChI=1S/C13H17ClO3S/c1-4-5-6-7-17-12-8-10(2)13(11(3)9-12)18(14,15)16/h4,8-9H,1,5-7H2,2-3H3. The van der Waals surface area contributed by atoms with Gasteiger partial charge < -0.3 is 4.74 Å². The van der Waals surface area contributed by atoms with Gasteiger partial charge in [-0.25, -0.2) is 8.42 Å². The number of aryl methyl sites for hydroxylation is 2. The van der Waals surface area contributed by atoms with Crippen LogP contribution in [0.3, 0.4) is 0 Å². The first-order valence-corrected chi connectivity index (χ1v) is 7.97. The molecule has 18 heavy (non-hydrogen) atoms. The smallest absolute Gasteiger partial charge is 0.261 e. The van der Waals surface area contributed by atoms with E-state index in [1.54, 1.807) is 26.0 Å². The highest BCUT2D eigenvalue weighted by Crippen LogP contribution is 2.28. The molecule has 0 aliphatic rings. The highest BCUT2D eigenvalue weighted by Gasteiger charge is 2.17. The molecule has 1 aromatic carbocycles. The molecule has 1 aromatic rings. The van der Waals surface area contributed by atoms with Gasteiger partial charge in [-0.1, -0.05) is 6.08 Å². The molecule has 3 nitrogen and oxygen atoms in total. The van der Waals surface area contributed by atoms with Crippen molar-refractivity contribution in [3.05, 3.63) is 35.9 Å². The molecular formula is C13H17ClO3S. The fourth-order valence-electron chi connectivity index (χ4n) is 1.80. The zero-order chi connectivity index (χ0) is 13.8. The molecule has 0 N–H and O–H groups in total. The Labute approximate surface area is 113 Å². The lowest BCUT2D eigenvalue weighted by molar-refractivity contribution is 0.311. The lowest BCUT2D eigenvalue weighted by Gasteiger charge is -2.11. The summed E-state index contributed by atoms with van der Waals surface area (Å²) >= 11 is 0. The molecule has 0 aliphatic carbocycles. The first kappa shape index (κ1) is 15.1. The molecule has 5 heteroatoms. The summed E-state index contributed by atoms with van der Waals surface area (Å²) in [5.74, 6) is 0.665. The number of halogens is 1. The fourth-order valence-corrected chi connectivity index (χ4v) is 3.41. The molecule has 100 valence electrons. The van der Waals surface area contributed by atoms with Crippen LogP contribution >= 0.6 is 10.7 Å². The van der Waals surface area contributed by atoms with Crippen LogP contribution in [0.5, 0.6) is 5.75 Å². The molecule has 0 bridgehead atoms. The molecule has 1 rings (SSSR count). The normalized spacial score (nSPS) is 11.3. The molecule has 0 saturated carbocycles. The van der Waals surface area contributed by atoms with Crippen LogP contribution in [0, 0.1) is 13.8 Å². The molecule has 0 aromatic heterocycles. The summed E-state index contributed by atoms with van der Waals surface area (Å²) < 4.78 is 28.3.